The highest BCUT2D eigenvalue weighted by Gasteiger charge is 2.38. The van der Waals surface area contributed by atoms with Crippen molar-refractivity contribution in [3.8, 4) is 0 Å². The monoisotopic (exact) mass is 309 g/mol. The second-order valence-corrected chi connectivity index (χ2v) is 7.46. The average Bonchev–Trinajstić information content (AvgIpc) is 3.15. The van der Waals surface area contributed by atoms with Gasteiger partial charge in [-0.05, 0) is 19.4 Å². The van der Waals surface area contributed by atoms with Crippen LogP contribution in [-0.2, 0) is 4.79 Å². The molecular weight excluding hydrogens is 278 g/mol. The first-order chi connectivity index (χ1) is 10.6. The van der Waals surface area contributed by atoms with Gasteiger partial charge in [0.05, 0.1) is 12.1 Å². The smallest absolute Gasteiger partial charge is 0.222 e. The van der Waals surface area contributed by atoms with Gasteiger partial charge in [0.25, 0.3) is 0 Å². The molecule has 3 fully saturated rings. The third-order valence-electron chi connectivity index (χ3n) is 5.86. The van der Waals surface area contributed by atoms with Crippen molar-refractivity contribution in [3.63, 3.8) is 0 Å². The Morgan fingerprint density at radius 3 is 2.45 bits per heavy atom. The standard InChI is InChI=1S/C17H31N3O2/c1-18-8-10-19(11-9-18)15-12-20(13-16(15)21)17(22)7-6-14-4-2-3-5-14/h14-16,21H,2-13H2,1H3/t15-,16-/m1/s1. The second-order valence-electron chi connectivity index (χ2n) is 7.46. The van der Waals surface area contributed by atoms with E-state index in [1.165, 1.54) is 25.7 Å². The van der Waals surface area contributed by atoms with Crippen LogP contribution >= 0.6 is 0 Å². The van der Waals surface area contributed by atoms with Crippen molar-refractivity contribution < 1.29 is 9.90 Å². The molecule has 1 N–H and O–H groups in total. The van der Waals surface area contributed by atoms with Crippen LogP contribution in [0.5, 0.6) is 0 Å². The van der Waals surface area contributed by atoms with Gasteiger partial charge in [0.1, 0.15) is 0 Å². The number of nitrogens with zero attached hydrogens (tertiary/aromatic N) is 3. The van der Waals surface area contributed by atoms with Gasteiger partial charge >= 0.3 is 0 Å². The zero-order chi connectivity index (χ0) is 15.5. The topological polar surface area (TPSA) is 47.0 Å². The first-order valence-corrected chi connectivity index (χ1v) is 9.02. The number of amides is 1. The molecule has 0 aromatic rings. The minimum atomic E-state index is -0.376. The molecule has 2 heterocycles. The summed E-state index contributed by atoms with van der Waals surface area (Å²) in [5.41, 5.74) is 0. The fraction of sp³-hybridized carbons (Fsp3) is 0.941. The van der Waals surface area contributed by atoms with Crippen molar-refractivity contribution in [3.05, 3.63) is 0 Å². The van der Waals surface area contributed by atoms with Gasteiger partial charge in [-0.25, -0.2) is 0 Å². The molecule has 0 unspecified atom stereocenters. The van der Waals surface area contributed by atoms with E-state index in [1.807, 2.05) is 4.90 Å². The maximum absolute atomic E-state index is 12.4. The van der Waals surface area contributed by atoms with Crippen LogP contribution < -0.4 is 0 Å². The van der Waals surface area contributed by atoms with Crippen molar-refractivity contribution in [1.29, 1.82) is 0 Å². The molecule has 1 amide bonds. The van der Waals surface area contributed by atoms with Gasteiger partial charge in [-0.2, -0.15) is 0 Å². The maximum Gasteiger partial charge on any atom is 0.222 e. The van der Waals surface area contributed by atoms with Crippen LogP contribution in [0.4, 0.5) is 0 Å². The largest absolute Gasteiger partial charge is 0.390 e. The third kappa shape index (κ3) is 3.81. The highest BCUT2D eigenvalue weighted by atomic mass is 16.3. The van der Waals surface area contributed by atoms with Gasteiger partial charge in [-0.1, -0.05) is 25.7 Å². The normalized spacial score (nSPS) is 32.0. The Morgan fingerprint density at radius 2 is 1.77 bits per heavy atom. The summed E-state index contributed by atoms with van der Waals surface area (Å²) in [5, 5.41) is 10.4. The fourth-order valence-corrected chi connectivity index (χ4v) is 4.27. The van der Waals surface area contributed by atoms with E-state index in [0.29, 0.717) is 19.5 Å². The van der Waals surface area contributed by atoms with Crippen LogP contribution in [0, 0.1) is 5.92 Å². The highest BCUT2D eigenvalue weighted by molar-refractivity contribution is 5.76. The number of likely N-dealkylation sites (tertiary alicyclic amines) is 1. The van der Waals surface area contributed by atoms with Gasteiger partial charge in [-0.15, -0.1) is 0 Å². The summed E-state index contributed by atoms with van der Waals surface area (Å²) < 4.78 is 0. The first kappa shape index (κ1) is 16.2. The number of carbonyl (C=O) groups excluding carboxylic acids is 1. The molecule has 5 heteroatoms. The number of piperazine rings is 1. The molecule has 2 saturated heterocycles. The molecule has 22 heavy (non-hydrogen) atoms. The second kappa shape index (κ2) is 7.28. The minimum absolute atomic E-state index is 0.143. The lowest BCUT2D eigenvalue weighted by Crippen LogP contribution is -2.52. The summed E-state index contributed by atoms with van der Waals surface area (Å²) in [6, 6.07) is 0.143. The molecule has 0 aromatic heterocycles. The summed E-state index contributed by atoms with van der Waals surface area (Å²) in [4.78, 5) is 19.0. The lowest BCUT2D eigenvalue weighted by molar-refractivity contribution is -0.130. The fourth-order valence-electron chi connectivity index (χ4n) is 4.27. The number of β-amino-alcohol motifs (C(OH)–C–C–N with tert-alkyl or cyclic N) is 1. The van der Waals surface area contributed by atoms with Crippen molar-refractivity contribution in [1.82, 2.24) is 14.7 Å². The van der Waals surface area contributed by atoms with E-state index in [1.54, 1.807) is 0 Å². The van der Waals surface area contributed by atoms with Crippen LogP contribution in [0.1, 0.15) is 38.5 Å². The molecule has 1 aliphatic carbocycles. The Hall–Kier alpha value is -0.650. The number of aliphatic hydroxyl groups is 1. The molecule has 3 rings (SSSR count). The highest BCUT2D eigenvalue weighted by Crippen LogP contribution is 2.29. The summed E-state index contributed by atoms with van der Waals surface area (Å²) in [7, 11) is 2.14. The van der Waals surface area contributed by atoms with Crippen LogP contribution in [0.25, 0.3) is 0 Å². The van der Waals surface area contributed by atoms with Gasteiger partial charge in [0, 0.05) is 45.7 Å². The van der Waals surface area contributed by atoms with E-state index in [2.05, 4.69) is 16.8 Å². The lowest BCUT2D eigenvalue weighted by atomic mass is 10.0. The SMILES string of the molecule is CN1CCN([C@@H]2CN(C(=O)CCC3CCCC3)C[C@H]2O)CC1. The van der Waals surface area contributed by atoms with E-state index in [-0.39, 0.29) is 18.1 Å². The van der Waals surface area contributed by atoms with Gasteiger partial charge in [0.15, 0.2) is 0 Å². The molecule has 0 spiro atoms. The Bertz CT molecular complexity index is 376. The molecule has 2 atom stereocenters. The Balaban J connectivity index is 1.46. The summed E-state index contributed by atoms with van der Waals surface area (Å²) >= 11 is 0. The van der Waals surface area contributed by atoms with E-state index in [4.69, 9.17) is 0 Å². The first-order valence-electron chi connectivity index (χ1n) is 9.02. The number of rotatable bonds is 4. The van der Waals surface area contributed by atoms with Crippen LogP contribution in [0.2, 0.25) is 0 Å². The molecule has 3 aliphatic rings. The van der Waals surface area contributed by atoms with E-state index in [9.17, 15) is 9.90 Å². The zero-order valence-electron chi connectivity index (χ0n) is 13.9. The minimum Gasteiger partial charge on any atom is -0.390 e. The van der Waals surface area contributed by atoms with Crippen molar-refractivity contribution >= 4 is 5.91 Å². The molecule has 126 valence electrons. The van der Waals surface area contributed by atoms with E-state index < -0.39 is 0 Å². The summed E-state index contributed by atoms with van der Waals surface area (Å²) in [6.07, 6.45) is 6.63. The predicted octanol–water partition coefficient (Wildman–Crippen LogP) is 0.776. The summed E-state index contributed by atoms with van der Waals surface area (Å²) in [6.45, 7) is 5.36. The average molecular weight is 309 g/mol. The molecule has 0 radical (unpaired) electrons. The molecule has 5 nitrogen and oxygen atoms in total. The number of likely N-dealkylation sites (N-methyl/N-ethyl adjacent to an activating group) is 1. The molecular formula is C17H31N3O2. The van der Waals surface area contributed by atoms with Crippen LogP contribution in [-0.4, -0.2) is 84.2 Å². The molecule has 0 bridgehead atoms. The Morgan fingerprint density at radius 1 is 1.09 bits per heavy atom. The van der Waals surface area contributed by atoms with Gasteiger partial charge in [-0.3, -0.25) is 9.69 Å². The van der Waals surface area contributed by atoms with Crippen molar-refractivity contribution in [2.24, 2.45) is 5.92 Å². The number of hydrogen-bond acceptors (Lipinski definition) is 4. The van der Waals surface area contributed by atoms with Crippen molar-refractivity contribution in [2.45, 2.75) is 50.7 Å². The van der Waals surface area contributed by atoms with Gasteiger partial charge in [0.2, 0.25) is 5.91 Å². The van der Waals surface area contributed by atoms with Crippen LogP contribution in [0.15, 0.2) is 0 Å². The molecule has 2 aliphatic heterocycles. The Kier molecular flexibility index (Phi) is 5.37. The predicted molar refractivity (Wildman–Crippen MR) is 86.6 cm³/mol. The summed E-state index contributed by atoms with van der Waals surface area (Å²) in [5.74, 6) is 1.02. The van der Waals surface area contributed by atoms with E-state index in [0.717, 1.165) is 38.5 Å². The molecule has 1 saturated carbocycles. The number of carbonyl (C=O) groups is 1. The zero-order valence-corrected chi connectivity index (χ0v) is 13.9. The Labute approximate surface area is 134 Å². The number of aliphatic hydroxyl groups excluding tert-OH is 1. The quantitative estimate of drug-likeness (QED) is 0.833. The lowest BCUT2D eigenvalue weighted by Gasteiger charge is -2.37. The van der Waals surface area contributed by atoms with E-state index >= 15 is 0 Å². The van der Waals surface area contributed by atoms with Crippen LogP contribution in [0.3, 0.4) is 0 Å². The van der Waals surface area contributed by atoms with Gasteiger partial charge < -0.3 is 14.9 Å². The van der Waals surface area contributed by atoms with Crippen molar-refractivity contribution in [2.75, 3.05) is 46.3 Å². The number of hydrogen-bond donors (Lipinski definition) is 1. The molecule has 0 aromatic carbocycles. The third-order valence-corrected chi connectivity index (χ3v) is 5.86. The maximum atomic E-state index is 12.4.